The maximum absolute atomic E-state index is 13.1. The number of carbonyl (C=O) groups excluding carboxylic acids is 2. The minimum atomic E-state index is -3.75. The van der Waals surface area contributed by atoms with Gasteiger partial charge >= 0.3 is 5.97 Å². The van der Waals surface area contributed by atoms with Crippen LogP contribution in [0.15, 0.2) is 35.2 Å². The second-order valence-corrected chi connectivity index (χ2v) is 10.5. The molecule has 1 aliphatic rings. The molecule has 0 spiro atoms. The zero-order valence-electron chi connectivity index (χ0n) is 19.7. The van der Waals surface area contributed by atoms with E-state index in [2.05, 4.69) is 0 Å². The molecule has 0 N–H and O–H groups in total. The molecule has 0 saturated carbocycles. The first-order valence-corrected chi connectivity index (χ1v) is 12.1. The molecule has 0 amide bonds. The average Bonchev–Trinajstić information content (AvgIpc) is 2.76. The molecule has 3 rings (SSSR count). The van der Waals surface area contributed by atoms with Gasteiger partial charge in [0.2, 0.25) is 15.8 Å². The Morgan fingerprint density at radius 1 is 1.03 bits per heavy atom. The van der Waals surface area contributed by atoms with Crippen molar-refractivity contribution in [3.8, 4) is 0 Å². The van der Waals surface area contributed by atoms with Crippen LogP contribution in [0.1, 0.15) is 37.4 Å². The van der Waals surface area contributed by atoms with Gasteiger partial charge in [-0.15, -0.1) is 0 Å². The van der Waals surface area contributed by atoms with Gasteiger partial charge in [0, 0.05) is 32.7 Å². The first kappa shape index (κ1) is 24.9. The van der Waals surface area contributed by atoms with Crippen LogP contribution in [0.25, 0.3) is 0 Å². The molecule has 33 heavy (non-hydrogen) atoms. The van der Waals surface area contributed by atoms with Crippen LogP contribution < -0.4 is 4.90 Å². The summed E-state index contributed by atoms with van der Waals surface area (Å²) in [6.45, 7) is 7.32. The molecule has 2 aromatic carbocycles. The topological polar surface area (TPSA) is 93.2 Å². The SMILES string of the molecule is Cc1cc(C)c(C(=O)COC(=O)c2cc(S(=O)(=O)N(C)C)ccc2N2CCOCC2)c(C)c1. The summed E-state index contributed by atoms with van der Waals surface area (Å²) in [7, 11) is -0.905. The Morgan fingerprint density at radius 3 is 2.21 bits per heavy atom. The quantitative estimate of drug-likeness (QED) is 0.450. The number of anilines is 1. The van der Waals surface area contributed by atoms with Gasteiger partial charge in [-0.3, -0.25) is 4.79 Å². The van der Waals surface area contributed by atoms with Gasteiger partial charge in [-0.25, -0.2) is 17.5 Å². The van der Waals surface area contributed by atoms with E-state index in [-0.39, 0.29) is 16.2 Å². The minimum absolute atomic E-state index is 0.0204. The van der Waals surface area contributed by atoms with Gasteiger partial charge in [0.25, 0.3) is 0 Å². The lowest BCUT2D eigenvalue weighted by Crippen LogP contribution is -2.37. The van der Waals surface area contributed by atoms with Crippen LogP contribution in [-0.2, 0) is 19.5 Å². The number of benzene rings is 2. The van der Waals surface area contributed by atoms with E-state index in [9.17, 15) is 18.0 Å². The summed E-state index contributed by atoms with van der Waals surface area (Å²) in [6, 6.07) is 8.22. The van der Waals surface area contributed by atoms with Gasteiger partial charge in [-0.2, -0.15) is 0 Å². The van der Waals surface area contributed by atoms with E-state index < -0.39 is 22.6 Å². The number of aryl methyl sites for hydroxylation is 3. The zero-order valence-corrected chi connectivity index (χ0v) is 20.5. The minimum Gasteiger partial charge on any atom is -0.454 e. The number of nitrogens with zero attached hydrogens (tertiary/aromatic N) is 2. The number of hydrogen-bond donors (Lipinski definition) is 0. The summed E-state index contributed by atoms with van der Waals surface area (Å²) >= 11 is 0. The van der Waals surface area contributed by atoms with E-state index in [1.807, 2.05) is 37.8 Å². The van der Waals surface area contributed by atoms with Crippen molar-refractivity contribution in [1.29, 1.82) is 0 Å². The van der Waals surface area contributed by atoms with Crippen LogP contribution in [0.5, 0.6) is 0 Å². The number of carbonyl (C=O) groups is 2. The molecule has 0 aliphatic carbocycles. The van der Waals surface area contributed by atoms with Crippen LogP contribution in [0, 0.1) is 20.8 Å². The number of ketones is 1. The van der Waals surface area contributed by atoms with Gasteiger partial charge < -0.3 is 14.4 Å². The zero-order chi connectivity index (χ0) is 24.3. The second kappa shape index (κ2) is 10.0. The smallest absolute Gasteiger partial charge is 0.340 e. The van der Waals surface area contributed by atoms with E-state index in [4.69, 9.17) is 9.47 Å². The molecular formula is C24H30N2O6S. The summed E-state index contributed by atoms with van der Waals surface area (Å²) in [5, 5.41) is 0. The molecule has 1 heterocycles. The third-order valence-corrected chi connectivity index (χ3v) is 7.42. The lowest BCUT2D eigenvalue weighted by molar-refractivity contribution is 0.0474. The predicted molar refractivity (Wildman–Crippen MR) is 126 cm³/mol. The highest BCUT2D eigenvalue weighted by Crippen LogP contribution is 2.27. The molecular weight excluding hydrogens is 444 g/mol. The number of ether oxygens (including phenoxy) is 2. The number of esters is 1. The first-order valence-electron chi connectivity index (χ1n) is 10.7. The van der Waals surface area contributed by atoms with E-state index in [1.54, 1.807) is 6.07 Å². The molecule has 0 radical (unpaired) electrons. The number of hydrogen-bond acceptors (Lipinski definition) is 7. The van der Waals surface area contributed by atoms with E-state index >= 15 is 0 Å². The van der Waals surface area contributed by atoms with Crippen LogP contribution in [0.3, 0.4) is 0 Å². The first-order chi connectivity index (χ1) is 15.5. The summed E-state index contributed by atoms with van der Waals surface area (Å²) < 4.78 is 37.1. The Kier molecular flexibility index (Phi) is 7.56. The molecule has 1 aliphatic heterocycles. The molecule has 8 nitrogen and oxygen atoms in total. The molecule has 1 fully saturated rings. The highest BCUT2D eigenvalue weighted by Gasteiger charge is 2.26. The Bertz CT molecular complexity index is 1140. The lowest BCUT2D eigenvalue weighted by atomic mass is 9.97. The van der Waals surface area contributed by atoms with Gasteiger partial charge in [0.1, 0.15) is 0 Å². The molecule has 9 heteroatoms. The third-order valence-electron chi connectivity index (χ3n) is 5.61. The number of rotatable bonds is 7. The monoisotopic (exact) mass is 474 g/mol. The molecule has 0 aromatic heterocycles. The fraction of sp³-hybridized carbons (Fsp3) is 0.417. The van der Waals surface area contributed by atoms with Crippen LogP contribution in [-0.4, -0.2) is 71.5 Å². The number of Topliss-reactive ketones (excluding diaryl/α,β-unsaturated/α-hetero) is 1. The van der Waals surface area contributed by atoms with Crippen molar-refractivity contribution < 1.29 is 27.5 Å². The Morgan fingerprint density at radius 2 is 1.64 bits per heavy atom. The van der Waals surface area contributed by atoms with Gasteiger partial charge in [0.15, 0.2) is 6.61 Å². The summed E-state index contributed by atoms with van der Waals surface area (Å²) in [5.41, 5.74) is 3.88. The van der Waals surface area contributed by atoms with Crippen molar-refractivity contribution in [3.63, 3.8) is 0 Å². The van der Waals surface area contributed by atoms with Crippen molar-refractivity contribution >= 4 is 27.5 Å². The standard InChI is InChI=1S/C24H30N2O6S/c1-16-12-17(2)23(18(3)13-16)22(27)15-32-24(28)20-14-19(33(29,30)25(4)5)6-7-21(20)26-8-10-31-11-9-26/h6-7,12-14H,8-11,15H2,1-5H3. The fourth-order valence-corrected chi connectivity index (χ4v) is 4.96. The van der Waals surface area contributed by atoms with Gasteiger partial charge in [0.05, 0.1) is 29.4 Å². The van der Waals surface area contributed by atoms with Crippen molar-refractivity contribution in [2.24, 2.45) is 0 Å². The molecule has 1 saturated heterocycles. The van der Waals surface area contributed by atoms with Crippen LogP contribution >= 0.6 is 0 Å². The van der Waals surface area contributed by atoms with Crippen molar-refractivity contribution in [3.05, 3.63) is 58.1 Å². The fourth-order valence-electron chi connectivity index (χ4n) is 4.03. The highest BCUT2D eigenvalue weighted by atomic mass is 32.2. The Labute approximate surface area is 195 Å². The number of morpholine rings is 1. The third kappa shape index (κ3) is 5.43. The molecule has 0 bridgehead atoms. The van der Waals surface area contributed by atoms with Gasteiger partial charge in [-0.05, 0) is 50.1 Å². The van der Waals surface area contributed by atoms with Gasteiger partial charge in [-0.1, -0.05) is 17.7 Å². The van der Waals surface area contributed by atoms with Crippen LogP contribution in [0.4, 0.5) is 5.69 Å². The molecule has 178 valence electrons. The lowest BCUT2D eigenvalue weighted by Gasteiger charge is -2.30. The Hall–Kier alpha value is -2.75. The van der Waals surface area contributed by atoms with Crippen LogP contribution in [0.2, 0.25) is 0 Å². The summed E-state index contributed by atoms with van der Waals surface area (Å²) in [6.07, 6.45) is 0. The Balaban J connectivity index is 1.90. The molecule has 0 atom stereocenters. The summed E-state index contributed by atoms with van der Waals surface area (Å²) in [5.74, 6) is -1.05. The van der Waals surface area contributed by atoms with E-state index in [0.717, 1.165) is 21.0 Å². The maximum atomic E-state index is 13.1. The second-order valence-electron chi connectivity index (χ2n) is 8.34. The van der Waals surface area contributed by atoms with E-state index in [1.165, 1.54) is 26.2 Å². The predicted octanol–water partition coefficient (Wildman–Crippen LogP) is 2.74. The highest BCUT2D eigenvalue weighted by molar-refractivity contribution is 7.89. The number of sulfonamides is 1. The van der Waals surface area contributed by atoms with Crippen molar-refractivity contribution in [2.45, 2.75) is 25.7 Å². The maximum Gasteiger partial charge on any atom is 0.340 e. The average molecular weight is 475 g/mol. The largest absolute Gasteiger partial charge is 0.454 e. The normalized spacial score (nSPS) is 14.4. The molecule has 0 unspecified atom stereocenters. The van der Waals surface area contributed by atoms with Crippen molar-refractivity contribution in [2.75, 3.05) is 51.9 Å². The molecule has 2 aromatic rings. The van der Waals surface area contributed by atoms with Crippen molar-refractivity contribution in [1.82, 2.24) is 4.31 Å². The van der Waals surface area contributed by atoms with E-state index in [0.29, 0.717) is 37.6 Å². The summed E-state index contributed by atoms with van der Waals surface area (Å²) in [4.78, 5) is 27.8.